The molecule has 1 aliphatic heterocycles. The van der Waals surface area contributed by atoms with Gasteiger partial charge in [0.2, 0.25) is 5.91 Å². The zero-order chi connectivity index (χ0) is 26.9. The minimum atomic E-state index is -0.576. The van der Waals surface area contributed by atoms with Crippen molar-refractivity contribution in [3.05, 3.63) is 52.9 Å². The average Bonchev–Trinajstić information content (AvgIpc) is 3.51. The number of benzene rings is 1. The monoisotopic (exact) mass is 522 g/mol. The van der Waals surface area contributed by atoms with E-state index in [0.717, 1.165) is 48.6 Å². The Morgan fingerprint density at radius 1 is 1.16 bits per heavy atom. The SMILES string of the molecule is CC(C)(C)C[C@H]1C[C@@H](c2onc(C[C@H](CCCO)C(=O)N3C(=O)OC[C@@H]3Cc3ccccc3)c2C2CC2)C1. The molecule has 1 N–H and O–H groups in total. The molecule has 2 saturated carbocycles. The van der Waals surface area contributed by atoms with E-state index in [-0.39, 0.29) is 25.2 Å². The molecular formula is C31H42N2O5. The Hall–Kier alpha value is -2.67. The van der Waals surface area contributed by atoms with Crippen molar-refractivity contribution >= 4 is 12.0 Å². The summed E-state index contributed by atoms with van der Waals surface area (Å²) < 4.78 is 11.3. The first kappa shape index (κ1) is 26.9. The highest BCUT2D eigenvalue weighted by Gasteiger charge is 2.44. The summed E-state index contributed by atoms with van der Waals surface area (Å²) in [5, 5.41) is 14.1. The molecule has 2 atom stereocenters. The zero-order valence-corrected chi connectivity index (χ0v) is 23.0. The van der Waals surface area contributed by atoms with Gasteiger partial charge in [0.05, 0.1) is 11.7 Å². The molecule has 7 heteroatoms. The Balaban J connectivity index is 1.32. The standard InChI is InChI=1S/C31H42N2O5/c1-31(2,3)18-21-14-24(15-21)28-27(22-11-12-22)26(32-38-28)17-23(10-7-13-34)29(35)33-25(19-37-30(33)36)16-20-8-5-4-6-9-20/h4-6,8-9,21-25,34H,7,10-19H2,1-3H3/t21-,23-,24+,25-/m0/s1. The van der Waals surface area contributed by atoms with Crippen LogP contribution in [0.15, 0.2) is 34.9 Å². The molecule has 0 spiro atoms. The van der Waals surface area contributed by atoms with Gasteiger partial charge in [0.25, 0.3) is 0 Å². The lowest BCUT2D eigenvalue weighted by Gasteiger charge is -2.38. The summed E-state index contributed by atoms with van der Waals surface area (Å²) in [6.45, 7) is 7.09. The van der Waals surface area contributed by atoms with Gasteiger partial charge >= 0.3 is 6.09 Å². The maximum absolute atomic E-state index is 13.8. The predicted molar refractivity (Wildman–Crippen MR) is 144 cm³/mol. The van der Waals surface area contributed by atoms with E-state index >= 15 is 0 Å². The number of ether oxygens (including phenoxy) is 1. The topological polar surface area (TPSA) is 92.9 Å². The van der Waals surface area contributed by atoms with Crippen LogP contribution in [0.25, 0.3) is 0 Å². The second kappa shape index (κ2) is 11.2. The quantitative estimate of drug-likeness (QED) is 0.389. The number of cyclic esters (lactones) is 1. The summed E-state index contributed by atoms with van der Waals surface area (Å²) in [4.78, 5) is 27.8. The summed E-state index contributed by atoms with van der Waals surface area (Å²) in [7, 11) is 0. The van der Waals surface area contributed by atoms with Crippen molar-refractivity contribution in [3.8, 4) is 0 Å². The minimum Gasteiger partial charge on any atom is -0.447 e. The third-order valence-corrected chi connectivity index (χ3v) is 8.34. The van der Waals surface area contributed by atoms with E-state index in [4.69, 9.17) is 9.26 Å². The predicted octanol–water partition coefficient (Wildman–Crippen LogP) is 6.00. The molecular weight excluding hydrogens is 480 g/mol. The molecule has 0 bridgehead atoms. The lowest BCUT2D eigenvalue weighted by Crippen LogP contribution is -2.44. The average molecular weight is 523 g/mol. The summed E-state index contributed by atoms with van der Waals surface area (Å²) in [6, 6.07) is 9.53. The molecule has 1 saturated heterocycles. The second-order valence-electron chi connectivity index (χ2n) is 12.9. The largest absolute Gasteiger partial charge is 0.447 e. The van der Waals surface area contributed by atoms with Crippen LogP contribution in [0.1, 0.15) is 100 Å². The number of aliphatic hydroxyl groups excluding tert-OH is 1. The minimum absolute atomic E-state index is 0.00153. The van der Waals surface area contributed by atoms with Crippen LogP contribution in [0, 0.1) is 17.3 Å². The van der Waals surface area contributed by atoms with Crippen molar-refractivity contribution in [1.29, 1.82) is 0 Å². The molecule has 2 aliphatic carbocycles. The van der Waals surface area contributed by atoms with Crippen molar-refractivity contribution in [3.63, 3.8) is 0 Å². The van der Waals surface area contributed by atoms with Crippen LogP contribution in [0.5, 0.6) is 0 Å². The molecule has 0 radical (unpaired) electrons. The summed E-state index contributed by atoms with van der Waals surface area (Å²) >= 11 is 0. The maximum atomic E-state index is 13.8. The molecule has 7 nitrogen and oxygen atoms in total. The van der Waals surface area contributed by atoms with E-state index in [1.807, 2.05) is 30.3 Å². The van der Waals surface area contributed by atoms with Gasteiger partial charge in [-0.05, 0) is 74.2 Å². The second-order valence-corrected chi connectivity index (χ2v) is 12.9. The third kappa shape index (κ3) is 6.14. The Kier molecular flexibility index (Phi) is 7.94. The molecule has 3 fully saturated rings. The highest BCUT2D eigenvalue weighted by molar-refractivity contribution is 5.95. The molecule has 0 unspecified atom stereocenters. The number of nitrogens with zero attached hydrogens (tertiary/aromatic N) is 2. The van der Waals surface area contributed by atoms with E-state index in [0.29, 0.717) is 42.9 Å². The molecule has 206 valence electrons. The Labute approximate surface area is 225 Å². The van der Waals surface area contributed by atoms with E-state index in [1.54, 1.807) is 0 Å². The van der Waals surface area contributed by atoms with Gasteiger partial charge in [0.1, 0.15) is 12.4 Å². The van der Waals surface area contributed by atoms with Crippen molar-refractivity contribution in [2.75, 3.05) is 13.2 Å². The number of amides is 2. The molecule has 3 aliphatic rings. The van der Waals surface area contributed by atoms with Gasteiger partial charge < -0.3 is 14.4 Å². The number of hydrogen-bond donors (Lipinski definition) is 1. The first-order valence-corrected chi connectivity index (χ1v) is 14.4. The van der Waals surface area contributed by atoms with Crippen molar-refractivity contribution in [2.45, 2.75) is 96.4 Å². The Morgan fingerprint density at radius 3 is 2.55 bits per heavy atom. The first-order valence-electron chi connectivity index (χ1n) is 14.4. The highest BCUT2D eigenvalue weighted by atomic mass is 16.6. The Bertz CT molecular complexity index is 1110. The summed E-state index contributed by atoms with van der Waals surface area (Å²) in [5.41, 5.74) is 3.47. The fourth-order valence-electron chi connectivity index (χ4n) is 6.43. The number of imide groups is 1. The van der Waals surface area contributed by atoms with Crippen molar-refractivity contribution < 1.29 is 24.0 Å². The Morgan fingerprint density at radius 2 is 1.89 bits per heavy atom. The number of carbonyl (C=O) groups is 2. The van der Waals surface area contributed by atoms with Crippen LogP contribution in [-0.4, -0.2) is 46.4 Å². The van der Waals surface area contributed by atoms with Crippen LogP contribution in [0.2, 0.25) is 0 Å². The zero-order valence-electron chi connectivity index (χ0n) is 23.0. The van der Waals surface area contributed by atoms with Crippen LogP contribution < -0.4 is 0 Å². The van der Waals surface area contributed by atoms with Gasteiger partial charge in [0.15, 0.2) is 0 Å². The van der Waals surface area contributed by atoms with E-state index in [2.05, 4.69) is 25.9 Å². The molecule has 1 aromatic carbocycles. The van der Waals surface area contributed by atoms with Gasteiger partial charge in [0, 0.05) is 30.4 Å². The maximum Gasteiger partial charge on any atom is 0.416 e. The van der Waals surface area contributed by atoms with Crippen LogP contribution in [0.4, 0.5) is 4.79 Å². The molecule has 2 heterocycles. The molecule has 2 aromatic rings. The van der Waals surface area contributed by atoms with Crippen LogP contribution >= 0.6 is 0 Å². The number of rotatable bonds is 11. The number of aliphatic hydroxyl groups is 1. The number of hydrogen-bond acceptors (Lipinski definition) is 6. The third-order valence-electron chi connectivity index (χ3n) is 8.34. The molecule has 5 rings (SSSR count). The first-order chi connectivity index (χ1) is 18.2. The van der Waals surface area contributed by atoms with Gasteiger partial charge in [-0.2, -0.15) is 0 Å². The van der Waals surface area contributed by atoms with Gasteiger partial charge in [-0.3, -0.25) is 4.79 Å². The van der Waals surface area contributed by atoms with Gasteiger partial charge in [-0.15, -0.1) is 0 Å². The number of carbonyl (C=O) groups excluding carboxylic acids is 2. The number of aromatic nitrogens is 1. The normalized spacial score (nSPS) is 24.3. The van der Waals surface area contributed by atoms with Gasteiger partial charge in [-0.1, -0.05) is 56.3 Å². The fourth-order valence-corrected chi connectivity index (χ4v) is 6.43. The van der Waals surface area contributed by atoms with Crippen LogP contribution in [0.3, 0.4) is 0 Å². The van der Waals surface area contributed by atoms with Crippen LogP contribution in [-0.2, 0) is 22.4 Å². The lowest BCUT2D eigenvalue weighted by atomic mass is 9.67. The van der Waals surface area contributed by atoms with Crippen molar-refractivity contribution in [2.24, 2.45) is 17.3 Å². The van der Waals surface area contributed by atoms with E-state index in [1.165, 1.54) is 16.9 Å². The van der Waals surface area contributed by atoms with E-state index in [9.17, 15) is 14.7 Å². The summed E-state index contributed by atoms with van der Waals surface area (Å²) in [5.74, 6) is 1.93. The smallest absolute Gasteiger partial charge is 0.416 e. The lowest BCUT2D eigenvalue weighted by molar-refractivity contribution is -0.133. The van der Waals surface area contributed by atoms with Gasteiger partial charge in [-0.25, -0.2) is 9.69 Å². The van der Waals surface area contributed by atoms with Crippen molar-refractivity contribution in [1.82, 2.24) is 10.1 Å². The highest BCUT2D eigenvalue weighted by Crippen LogP contribution is 2.52. The molecule has 1 aromatic heterocycles. The molecule has 2 amide bonds. The molecule has 38 heavy (non-hydrogen) atoms. The summed E-state index contributed by atoms with van der Waals surface area (Å²) in [6.07, 6.45) is 7.14. The van der Waals surface area contributed by atoms with E-state index < -0.39 is 12.0 Å². The fraction of sp³-hybridized carbons (Fsp3) is 0.645.